The molecule has 8 heteroatoms. The normalized spacial score (nSPS) is 10.6. The molecule has 0 aliphatic heterocycles. The van der Waals surface area contributed by atoms with Crippen LogP contribution in [0.25, 0.3) is 16.9 Å². The zero-order valence-corrected chi connectivity index (χ0v) is 20.2. The molecule has 1 aromatic heterocycles. The summed E-state index contributed by atoms with van der Waals surface area (Å²) < 4.78 is 1.74. The first-order valence-electron chi connectivity index (χ1n) is 10.8. The van der Waals surface area contributed by atoms with Crippen LogP contribution >= 0.6 is 23.2 Å². The molecule has 0 saturated heterocycles. The molecule has 6 nitrogen and oxygen atoms in total. The summed E-state index contributed by atoms with van der Waals surface area (Å²) in [4.78, 5) is 32.0. The number of hydrogen-bond acceptors (Lipinski definition) is 3. The number of carbonyl (C=O) groups excluding carboxylic acids is 2. The summed E-state index contributed by atoms with van der Waals surface area (Å²) in [6.07, 6.45) is 3.39. The SMILES string of the molecule is C=CCN(CC(=O)Nc1nc(-c2ccc(Cl)cc2)cn1-c1cccc(Cl)c1)C(=O)c1ccccc1. The maximum absolute atomic E-state index is 13.0. The van der Waals surface area contributed by atoms with Gasteiger partial charge < -0.3 is 4.90 Å². The van der Waals surface area contributed by atoms with Crippen molar-refractivity contribution in [2.75, 3.05) is 18.4 Å². The van der Waals surface area contributed by atoms with Gasteiger partial charge >= 0.3 is 0 Å². The van der Waals surface area contributed by atoms with Gasteiger partial charge in [-0.3, -0.25) is 19.5 Å². The number of nitrogens with one attached hydrogen (secondary N) is 1. The van der Waals surface area contributed by atoms with Crippen molar-refractivity contribution in [1.82, 2.24) is 14.5 Å². The first-order valence-corrected chi connectivity index (χ1v) is 11.6. The van der Waals surface area contributed by atoms with Crippen molar-refractivity contribution in [1.29, 1.82) is 0 Å². The summed E-state index contributed by atoms with van der Waals surface area (Å²) >= 11 is 12.2. The van der Waals surface area contributed by atoms with Crippen LogP contribution in [0.2, 0.25) is 10.0 Å². The Hall–Kier alpha value is -3.87. The van der Waals surface area contributed by atoms with Gasteiger partial charge in [-0.2, -0.15) is 0 Å². The van der Waals surface area contributed by atoms with Gasteiger partial charge in [-0.1, -0.05) is 65.7 Å². The molecule has 0 atom stereocenters. The summed E-state index contributed by atoms with van der Waals surface area (Å²) in [5.74, 6) is -0.360. The van der Waals surface area contributed by atoms with E-state index >= 15 is 0 Å². The highest BCUT2D eigenvalue weighted by atomic mass is 35.5. The minimum Gasteiger partial charge on any atom is -0.326 e. The fourth-order valence-corrected chi connectivity index (χ4v) is 3.84. The van der Waals surface area contributed by atoms with Gasteiger partial charge in [0.15, 0.2) is 0 Å². The predicted molar refractivity (Wildman–Crippen MR) is 140 cm³/mol. The third-order valence-corrected chi connectivity index (χ3v) is 5.66. The van der Waals surface area contributed by atoms with Crippen molar-refractivity contribution in [2.45, 2.75) is 0 Å². The first-order chi connectivity index (χ1) is 16.9. The van der Waals surface area contributed by atoms with Gasteiger partial charge in [0.2, 0.25) is 11.9 Å². The highest BCUT2D eigenvalue weighted by Gasteiger charge is 2.20. The number of rotatable bonds is 8. The Kier molecular flexibility index (Phi) is 7.65. The molecule has 1 heterocycles. The summed E-state index contributed by atoms with van der Waals surface area (Å²) in [5.41, 5.74) is 2.69. The standard InChI is InChI=1S/C27H22Cl2N4O2/c1-2-15-32(26(35)20-7-4-3-5-8-20)18-25(34)31-27-30-24(19-11-13-21(28)14-12-19)17-33(27)23-10-6-9-22(29)16-23/h2-14,16-17H,1,15,18H2,(H,30,31,34). The van der Waals surface area contributed by atoms with Gasteiger partial charge in [0.1, 0.15) is 6.54 Å². The van der Waals surface area contributed by atoms with E-state index in [0.717, 1.165) is 11.3 Å². The Labute approximate surface area is 213 Å². The van der Waals surface area contributed by atoms with Crippen molar-refractivity contribution < 1.29 is 9.59 Å². The van der Waals surface area contributed by atoms with E-state index in [1.807, 2.05) is 30.3 Å². The molecule has 176 valence electrons. The van der Waals surface area contributed by atoms with Crippen LogP contribution in [0.1, 0.15) is 10.4 Å². The Morgan fingerprint density at radius 2 is 1.71 bits per heavy atom. The molecule has 0 saturated carbocycles. The molecular weight excluding hydrogens is 483 g/mol. The molecular formula is C27H22Cl2N4O2. The fourth-order valence-electron chi connectivity index (χ4n) is 3.53. The van der Waals surface area contributed by atoms with Gasteiger partial charge in [-0.15, -0.1) is 6.58 Å². The van der Waals surface area contributed by atoms with E-state index in [4.69, 9.17) is 23.2 Å². The lowest BCUT2D eigenvalue weighted by atomic mass is 10.2. The third kappa shape index (κ3) is 5.98. The lowest BCUT2D eigenvalue weighted by Crippen LogP contribution is -2.38. The van der Waals surface area contributed by atoms with E-state index in [9.17, 15) is 9.59 Å². The molecule has 35 heavy (non-hydrogen) atoms. The van der Waals surface area contributed by atoms with Crippen LogP contribution < -0.4 is 5.32 Å². The average molecular weight is 505 g/mol. The molecule has 0 aliphatic rings. The number of carbonyl (C=O) groups is 2. The van der Waals surface area contributed by atoms with Crippen LogP contribution in [0.3, 0.4) is 0 Å². The van der Waals surface area contributed by atoms with Crippen molar-refractivity contribution in [3.63, 3.8) is 0 Å². The van der Waals surface area contributed by atoms with E-state index in [-0.39, 0.29) is 19.0 Å². The second-order valence-electron chi connectivity index (χ2n) is 7.70. The van der Waals surface area contributed by atoms with Crippen LogP contribution in [0, 0.1) is 0 Å². The third-order valence-electron chi connectivity index (χ3n) is 5.18. The van der Waals surface area contributed by atoms with Gasteiger partial charge in [-0.05, 0) is 42.5 Å². The molecule has 0 aliphatic carbocycles. The quantitative estimate of drug-likeness (QED) is 0.294. The zero-order valence-electron chi connectivity index (χ0n) is 18.7. The average Bonchev–Trinajstić information content (AvgIpc) is 3.28. The molecule has 0 fully saturated rings. The monoisotopic (exact) mass is 504 g/mol. The van der Waals surface area contributed by atoms with E-state index in [0.29, 0.717) is 27.3 Å². The van der Waals surface area contributed by atoms with E-state index in [2.05, 4.69) is 16.9 Å². The number of halogens is 2. The van der Waals surface area contributed by atoms with Crippen molar-refractivity contribution in [2.24, 2.45) is 0 Å². The van der Waals surface area contributed by atoms with Gasteiger partial charge in [0, 0.05) is 39.6 Å². The predicted octanol–water partition coefficient (Wildman–Crippen LogP) is 6.11. The summed E-state index contributed by atoms with van der Waals surface area (Å²) in [6, 6.07) is 23.3. The molecule has 2 amide bonds. The molecule has 1 N–H and O–H groups in total. The Morgan fingerprint density at radius 3 is 2.40 bits per heavy atom. The molecule has 0 bridgehead atoms. The van der Waals surface area contributed by atoms with E-state index in [1.54, 1.807) is 65.4 Å². The molecule has 4 aromatic rings. The maximum atomic E-state index is 13.0. The second kappa shape index (κ2) is 11.0. The van der Waals surface area contributed by atoms with Gasteiger partial charge in [0.25, 0.3) is 5.91 Å². The summed E-state index contributed by atoms with van der Waals surface area (Å²) in [6.45, 7) is 3.76. The lowest BCUT2D eigenvalue weighted by molar-refractivity contribution is -0.116. The largest absolute Gasteiger partial charge is 0.326 e. The van der Waals surface area contributed by atoms with Crippen molar-refractivity contribution in [3.8, 4) is 16.9 Å². The molecule has 4 rings (SSSR count). The molecule has 0 unspecified atom stereocenters. The number of aromatic nitrogens is 2. The number of anilines is 1. The minimum absolute atomic E-state index is 0.168. The van der Waals surface area contributed by atoms with Gasteiger partial charge in [-0.25, -0.2) is 4.98 Å². The van der Waals surface area contributed by atoms with Crippen molar-refractivity contribution in [3.05, 3.63) is 113 Å². The van der Waals surface area contributed by atoms with Gasteiger partial charge in [0.05, 0.1) is 5.69 Å². The van der Waals surface area contributed by atoms with Crippen LogP contribution in [0.4, 0.5) is 5.95 Å². The van der Waals surface area contributed by atoms with Crippen LogP contribution in [-0.2, 0) is 4.79 Å². The zero-order chi connectivity index (χ0) is 24.8. The lowest BCUT2D eigenvalue weighted by Gasteiger charge is -2.20. The summed E-state index contributed by atoms with van der Waals surface area (Å²) in [7, 11) is 0. The number of amides is 2. The molecule has 0 radical (unpaired) electrons. The number of nitrogens with zero attached hydrogens (tertiary/aromatic N) is 3. The second-order valence-corrected chi connectivity index (χ2v) is 8.57. The smallest absolute Gasteiger partial charge is 0.254 e. The highest BCUT2D eigenvalue weighted by molar-refractivity contribution is 6.31. The van der Waals surface area contributed by atoms with E-state index < -0.39 is 5.91 Å². The highest BCUT2D eigenvalue weighted by Crippen LogP contribution is 2.26. The minimum atomic E-state index is -0.396. The fraction of sp³-hybridized carbons (Fsp3) is 0.0741. The Morgan fingerprint density at radius 1 is 0.971 bits per heavy atom. The molecule has 0 spiro atoms. The number of imidazole rings is 1. The maximum Gasteiger partial charge on any atom is 0.254 e. The Bertz CT molecular complexity index is 1350. The van der Waals surface area contributed by atoms with Crippen molar-refractivity contribution >= 4 is 41.0 Å². The number of hydrogen-bond donors (Lipinski definition) is 1. The van der Waals surface area contributed by atoms with E-state index in [1.165, 1.54) is 4.90 Å². The number of benzene rings is 3. The van der Waals surface area contributed by atoms with Crippen LogP contribution in [0.15, 0.2) is 97.7 Å². The van der Waals surface area contributed by atoms with Crippen LogP contribution in [0.5, 0.6) is 0 Å². The Balaban J connectivity index is 1.62. The first kappa shape index (κ1) is 24.3. The molecule has 3 aromatic carbocycles. The van der Waals surface area contributed by atoms with Crippen LogP contribution in [-0.4, -0.2) is 39.4 Å². The topological polar surface area (TPSA) is 67.2 Å². The summed E-state index contributed by atoms with van der Waals surface area (Å²) in [5, 5.41) is 4.00.